The zero-order chi connectivity index (χ0) is 13.7. The molecule has 0 bridgehead atoms. The van der Waals surface area contributed by atoms with Gasteiger partial charge in [0.15, 0.2) is 0 Å². The molecular weight excluding hydrogens is 250 g/mol. The molecule has 7 heteroatoms. The van der Waals surface area contributed by atoms with Crippen LogP contribution in [0.1, 0.15) is 0 Å². The van der Waals surface area contributed by atoms with E-state index in [0.717, 1.165) is 11.6 Å². The van der Waals surface area contributed by atoms with Gasteiger partial charge in [0.05, 0.1) is 0 Å². The SMILES string of the molecule is O=C(O)/C=C\C(=O)Nc1nnc(-c2ccccc2)o1. The van der Waals surface area contributed by atoms with E-state index in [1.807, 2.05) is 18.2 Å². The van der Waals surface area contributed by atoms with Crippen molar-refractivity contribution in [1.29, 1.82) is 0 Å². The summed E-state index contributed by atoms with van der Waals surface area (Å²) in [6.45, 7) is 0. The van der Waals surface area contributed by atoms with Crippen LogP contribution in [-0.2, 0) is 9.59 Å². The van der Waals surface area contributed by atoms with Crippen LogP contribution in [0.2, 0.25) is 0 Å². The Bertz CT molecular complexity index is 619. The fourth-order valence-electron chi connectivity index (χ4n) is 1.27. The molecule has 0 radical (unpaired) electrons. The van der Waals surface area contributed by atoms with Gasteiger partial charge in [0.1, 0.15) is 0 Å². The van der Waals surface area contributed by atoms with E-state index in [4.69, 9.17) is 9.52 Å². The Kier molecular flexibility index (Phi) is 3.67. The molecule has 1 aromatic heterocycles. The molecule has 0 aliphatic heterocycles. The first-order valence-corrected chi connectivity index (χ1v) is 5.26. The van der Waals surface area contributed by atoms with Gasteiger partial charge in [-0.25, -0.2) is 4.79 Å². The van der Waals surface area contributed by atoms with Crippen LogP contribution in [0.3, 0.4) is 0 Å². The summed E-state index contributed by atoms with van der Waals surface area (Å²) >= 11 is 0. The fraction of sp³-hybridized carbons (Fsp3) is 0. The van der Waals surface area contributed by atoms with E-state index in [1.165, 1.54) is 0 Å². The van der Waals surface area contributed by atoms with Crippen LogP contribution in [0.5, 0.6) is 0 Å². The zero-order valence-corrected chi connectivity index (χ0v) is 9.61. The Hall–Kier alpha value is -2.96. The average Bonchev–Trinajstić information content (AvgIpc) is 2.86. The molecule has 7 nitrogen and oxygen atoms in total. The second-order valence-corrected chi connectivity index (χ2v) is 3.44. The largest absolute Gasteiger partial charge is 0.478 e. The normalized spacial score (nSPS) is 10.5. The topological polar surface area (TPSA) is 105 Å². The van der Waals surface area contributed by atoms with Gasteiger partial charge >= 0.3 is 12.0 Å². The molecule has 0 spiro atoms. The summed E-state index contributed by atoms with van der Waals surface area (Å²) in [4.78, 5) is 21.5. The van der Waals surface area contributed by atoms with Crippen LogP contribution in [0.4, 0.5) is 6.01 Å². The molecule has 0 saturated carbocycles. The van der Waals surface area contributed by atoms with Gasteiger partial charge in [-0.3, -0.25) is 10.1 Å². The molecule has 1 amide bonds. The van der Waals surface area contributed by atoms with Crippen molar-refractivity contribution in [3.05, 3.63) is 42.5 Å². The number of benzene rings is 1. The predicted octanol–water partition coefficient (Wildman–Crippen LogP) is 1.32. The Balaban J connectivity index is 2.06. The van der Waals surface area contributed by atoms with Crippen molar-refractivity contribution in [3.63, 3.8) is 0 Å². The first-order chi connectivity index (χ1) is 9.15. The molecule has 2 aromatic rings. The lowest BCUT2D eigenvalue weighted by molar-refractivity contribution is -0.131. The molecule has 0 unspecified atom stereocenters. The van der Waals surface area contributed by atoms with Crippen LogP contribution in [-0.4, -0.2) is 27.2 Å². The maximum atomic E-state index is 11.3. The number of rotatable bonds is 4. The highest BCUT2D eigenvalue weighted by molar-refractivity contribution is 6.01. The van der Waals surface area contributed by atoms with Crippen molar-refractivity contribution in [1.82, 2.24) is 10.2 Å². The summed E-state index contributed by atoms with van der Waals surface area (Å²) in [5.74, 6) is -1.62. The number of amides is 1. The number of nitrogens with one attached hydrogen (secondary N) is 1. The number of aromatic nitrogens is 2. The monoisotopic (exact) mass is 259 g/mol. The van der Waals surface area contributed by atoms with Crippen molar-refractivity contribution in [2.75, 3.05) is 5.32 Å². The molecule has 2 rings (SSSR count). The quantitative estimate of drug-likeness (QED) is 0.802. The highest BCUT2D eigenvalue weighted by atomic mass is 16.4. The summed E-state index contributed by atoms with van der Waals surface area (Å²) in [5.41, 5.74) is 0.719. The molecule has 0 saturated heterocycles. The summed E-state index contributed by atoms with van der Waals surface area (Å²) in [6.07, 6.45) is 1.57. The Labute approximate surface area is 107 Å². The number of hydrogen-bond acceptors (Lipinski definition) is 5. The summed E-state index contributed by atoms with van der Waals surface area (Å²) in [7, 11) is 0. The first-order valence-electron chi connectivity index (χ1n) is 5.26. The van der Waals surface area contributed by atoms with Gasteiger partial charge in [-0.1, -0.05) is 23.3 Å². The highest BCUT2D eigenvalue weighted by Crippen LogP contribution is 2.18. The van der Waals surface area contributed by atoms with Crippen LogP contribution in [0.25, 0.3) is 11.5 Å². The lowest BCUT2D eigenvalue weighted by Crippen LogP contribution is -2.08. The highest BCUT2D eigenvalue weighted by Gasteiger charge is 2.09. The Morgan fingerprint density at radius 3 is 2.58 bits per heavy atom. The van der Waals surface area contributed by atoms with Gasteiger partial charge in [0.25, 0.3) is 5.91 Å². The van der Waals surface area contributed by atoms with Crippen molar-refractivity contribution in [3.8, 4) is 11.5 Å². The van der Waals surface area contributed by atoms with Crippen LogP contribution in [0.15, 0.2) is 46.9 Å². The Morgan fingerprint density at radius 1 is 1.16 bits per heavy atom. The summed E-state index contributed by atoms with van der Waals surface area (Å²) in [5, 5.41) is 18.0. The van der Waals surface area contributed by atoms with Crippen molar-refractivity contribution < 1.29 is 19.1 Å². The lowest BCUT2D eigenvalue weighted by Gasteiger charge is -1.94. The molecule has 0 aliphatic carbocycles. The minimum atomic E-state index is -1.22. The summed E-state index contributed by atoms with van der Waals surface area (Å²) in [6, 6.07) is 8.94. The summed E-state index contributed by atoms with van der Waals surface area (Å²) < 4.78 is 5.21. The van der Waals surface area contributed by atoms with Gasteiger partial charge in [-0.15, -0.1) is 5.10 Å². The standard InChI is InChI=1S/C12H9N3O4/c16-9(6-7-10(17)18)13-12-15-14-11(19-12)8-4-2-1-3-5-8/h1-7H,(H,17,18)(H,13,15,16)/b7-6-. The van der Waals surface area contributed by atoms with E-state index in [-0.39, 0.29) is 11.9 Å². The molecule has 19 heavy (non-hydrogen) atoms. The van der Waals surface area contributed by atoms with Crippen LogP contribution < -0.4 is 5.32 Å². The fourth-order valence-corrected chi connectivity index (χ4v) is 1.27. The van der Waals surface area contributed by atoms with Crippen molar-refractivity contribution in [2.24, 2.45) is 0 Å². The van der Waals surface area contributed by atoms with E-state index >= 15 is 0 Å². The maximum Gasteiger partial charge on any atom is 0.328 e. The number of anilines is 1. The molecule has 1 aromatic carbocycles. The van der Waals surface area contributed by atoms with Crippen LogP contribution >= 0.6 is 0 Å². The molecule has 0 fully saturated rings. The molecule has 96 valence electrons. The third kappa shape index (κ3) is 3.50. The number of carbonyl (C=O) groups excluding carboxylic acids is 1. The van der Waals surface area contributed by atoms with Crippen molar-refractivity contribution >= 4 is 17.9 Å². The second kappa shape index (κ2) is 5.58. The maximum absolute atomic E-state index is 11.3. The smallest absolute Gasteiger partial charge is 0.328 e. The average molecular weight is 259 g/mol. The van der Waals surface area contributed by atoms with Crippen LogP contribution in [0, 0.1) is 0 Å². The van der Waals surface area contributed by atoms with E-state index in [2.05, 4.69) is 15.5 Å². The van der Waals surface area contributed by atoms with Crippen molar-refractivity contribution in [2.45, 2.75) is 0 Å². The van der Waals surface area contributed by atoms with E-state index in [0.29, 0.717) is 6.08 Å². The van der Waals surface area contributed by atoms with Gasteiger partial charge in [0.2, 0.25) is 5.89 Å². The third-order valence-electron chi connectivity index (χ3n) is 2.05. The molecule has 2 N–H and O–H groups in total. The second-order valence-electron chi connectivity index (χ2n) is 3.44. The molecular formula is C12H9N3O4. The van der Waals surface area contributed by atoms with E-state index in [1.54, 1.807) is 12.1 Å². The number of nitrogens with zero attached hydrogens (tertiary/aromatic N) is 2. The molecule has 0 atom stereocenters. The van der Waals surface area contributed by atoms with Gasteiger partial charge in [0, 0.05) is 17.7 Å². The third-order valence-corrected chi connectivity index (χ3v) is 2.05. The van der Waals surface area contributed by atoms with Gasteiger partial charge < -0.3 is 9.52 Å². The molecule has 0 aliphatic rings. The first kappa shape index (κ1) is 12.5. The number of carboxylic acid groups (broad SMARTS) is 1. The zero-order valence-electron chi connectivity index (χ0n) is 9.61. The number of hydrogen-bond donors (Lipinski definition) is 2. The lowest BCUT2D eigenvalue weighted by atomic mass is 10.2. The Morgan fingerprint density at radius 2 is 1.89 bits per heavy atom. The molecule has 1 heterocycles. The predicted molar refractivity (Wildman–Crippen MR) is 65.1 cm³/mol. The van der Waals surface area contributed by atoms with Gasteiger partial charge in [-0.05, 0) is 12.1 Å². The minimum Gasteiger partial charge on any atom is -0.478 e. The number of carboxylic acids is 1. The number of aliphatic carboxylic acids is 1. The minimum absolute atomic E-state index is 0.0982. The van der Waals surface area contributed by atoms with E-state index in [9.17, 15) is 9.59 Å². The van der Waals surface area contributed by atoms with E-state index < -0.39 is 11.9 Å². The number of carbonyl (C=O) groups is 2. The van der Waals surface area contributed by atoms with Gasteiger partial charge in [-0.2, -0.15) is 0 Å².